The van der Waals surface area contributed by atoms with Crippen molar-refractivity contribution >= 4 is 21.8 Å². The number of nitrogens with one attached hydrogen (secondary N) is 1. The van der Waals surface area contributed by atoms with Gasteiger partial charge in [0.25, 0.3) is 5.91 Å². The maximum Gasteiger partial charge on any atom is 0.258 e. The Morgan fingerprint density at radius 2 is 2.20 bits per heavy atom. The van der Waals surface area contributed by atoms with Gasteiger partial charge < -0.3 is 15.8 Å². The van der Waals surface area contributed by atoms with Gasteiger partial charge in [0.15, 0.2) is 6.61 Å². The summed E-state index contributed by atoms with van der Waals surface area (Å²) in [6, 6.07) is 7.68. The third kappa shape index (κ3) is 4.49. The fourth-order valence-corrected chi connectivity index (χ4v) is 3.01. The number of rotatable bonds is 5. The van der Waals surface area contributed by atoms with Gasteiger partial charge in [0.1, 0.15) is 5.75 Å². The number of benzene rings is 1. The first-order valence-corrected chi connectivity index (χ1v) is 7.86. The van der Waals surface area contributed by atoms with Gasteiger partial charge in [-0.3, -0.25) is 4.79 Å². The van der Waals surface area contributed by atoms with Crippen LogP contribution in [0.1, 0.15) is 25.7 Å². The van der Waals surface area contributed by atoms with E-state index in [1.807, 2.05) is 24.3 Å². The predicted molar refractivity (Wildman–Crippen MR) is 82.6 cm³/mol. The normalized spacial score (nSPS) is 22.3. The summed E-state index contributed by atoms with van der Waals surface area (Å²) >= 11 is 3.37. The number of carbonyl (C=O) groups excluding carboxylic acids is 1. The van der Waals surface area contributed by atoms with Crippen LogP contribution in [-0.4, -0.2) is 25.1 Å². The molecule has 1 aromatic carbocycles. The highest BCUT2D eigenvalue weighted by Crippen LogP contribution is 2.23. The van der Waals surface area contributed by atoms with E-state index < -0.39 is 0 Å². The second kappa shape index (κ2) is 7.64. The lowest BCUT2D eigenvalue weighted by Crippen LogP contribution is -2.46. The molecule has 0 spiro atoms. The molecule has 1 aliphatic rings. The van der Waals surface area contributed by atoms with Gasteiger partial charge in [0, 0.05) is 10.5 Å². The van der Waals surface area contributed by atoms with Gasteiger partial charge in [-0.25, -0.2) is 0 Å². The van der Waals surface area contributed by atoms with Crippen LogP contribution in [0.2, 0.25) is 0 Å². The summed E-state index contributed by atoms with van der Waals surface area (Å²) in [7, 11) is 0. The highest BCUT2D eigenvalue weighted by molar-refractivity contribution is 9.10. The predicted octanol–water partition coefficient (Wildman–Crippen LogP) is 2.46. The highest BCUT2D eigenvalue weighted by atomic mass is 79.9. The van der Waals surface area contributed by atoms with Crippen molar-refractivity contribution < 1.29 is 9.53 Å². The van der Waals surface area contributed by atoms with Crippen LogP contribution in [0, 0.1) is 5.92 Å². The van der Waals surface area contributed by atoms with E-state index in [0.29, 0.717) is 18.2 Å². The SMILES string of the molecule is NCC1CCCCC1NC(=O)COc1cccc(Br)c1. The third-order valence-electron chi connectivity index (χ3n) is 3.72. The fourth-order valence-electron chi connectivity index (χ4n) is 2.63. The van der Waals surface area contributed by atoms with Crippen LogP contribution in [0.5, 0.6) is 5.75 Å². The minimum atomic E-state index is -0.0738. The standard InChI is InChI=1S/C15H21BrN2O2/c16-12-5-3-6-13(8-12)20-10-15(19)18-14-7-2-1-4-11(14)9-17/h3,5-6,8,11,14H,1-2,4,7,9-10,17H2,(H,18,19). The van der Waals surface area contributed by atoms with Gasteiger partial charge in [-0.05, 0) is 43.5 Å². The molecule has 1 aliphatic carbocycles. The summed E-state index contributed by atoms with van der Waals surface area (Å²) in [5.41, 5.74) is 5.76. The quantitative estimate of drug-likeness (QED) is 0.865. The second-order valence-corrected chi connectivity index (χ2v) is 6.12. The van der Waals surface area contributed by atoms with Crippen LogP contribution < -0.4 is 15.8 Å². The maximum absolute atomic E-state index is 11.9. The molecule has 5 heteroatoms. The van der Waals surface area contributed by atoms with Crippen molar-refractivity contribution in [1.29, 1.82) is 0 Å². The van der Waals surface area contributed by atoms with Crippen molar-refractivity contribution in [2.45, 2.75) is 31.7 Å². The van der Waals surface area contributed by atoms with E-state index in [0.717, 1.165) is 23.7 Å². The zero-order valence-corrected chi connectivity index (χ0v) is 13.1. The first kappa shape index (κ1) is 15.3. The van der Waals surface area contributed by atoms with Crippen molar-refractivity contribution in [3.05, 3.63) is 28.7 Å². The molecule has 4 nitrogen and oxygen atoms in total. The molecule has 2 atom stereocenters. The van der Waals surface area contributed by atoms with Gasteiger partial charge in [-0.15, -0.1) is 0 Å². The summed E-state index contributed by atoms with van der Waals surface area (Å²) in [5.74, 6) is 1.02. The minimum absolute atomic E-state index is 0.0459. The number of hydrogen-bond acceptors (Lipinski definition) is 3. The Morgan fingerprint density at radius 3 is 2.95 bits per heavy atom. The van der Waals surface area contributed by atoms with E-state index in [4.69, 9.17) is 10.5 Å². The zero-order valence-electron chi connectivity index (χ0n) is 11.5. The molecule has 1 fully saturated rings. The molecule has 0 aliphatic heterocycles. The average Bonchev–Trinajstić information content (AvgIpc) is 2.46. The largest absolute Gasteiger partial charge is 0.484 e. The lowest BCUT2D eigenvalue weighted by molar-refractivity contribution is -0.124. The Kier molecular flexibility index (Phi) is 5.86. The van der Waals surface area contributed by atoms with Crippen LogP contribution in [0.25, 0.3) is 0 Å². The molecular weight excluding hydrogens is 320 g/mol. The van der Waals surface area contributed by atoms with Crippen molar-refractivity contribution in [2.75, 3.05) is 13.2 Å². The van der Waals surface area contributed by atoms with Gasteiger partial charge in [-0.2, -0.15) is 0 Å². The van der Waals surface area contributed by atoms with Crippen LogP contribution in [-0.2, 0) is 4.79 Å². The van der Waals surface area contributed by atoms with Crippen molar-refractivity contribution in [1.82, 2.24) is 5.32 Å². The van der Waals surface area contributed by atoms with Gasteiger partial charge in [0.2, 0.25) is 0 Å². The van der Waals surface area contributed by atoms with E-state index in [2.05, 4.69) is 21.2 Å². The van der Waals surface area contributed by atoms with Crippen LogP contribution >= 0.6 is 15.9 Å². The molecular formula is C15H21BrN2O2. The molecule has 0 heterocycles. The minimum Gasteiger partial charge on any atom is -0.484 e. The second-order valence-electron chi connectivity index (χ2n) is 5.20. The zero-order chi connectivity index (χ0) is 14.4. The van der Waals surface area contributed by atoms with E-state index >= 15 is 0 Å². The monoisotopic (exact) mass is 340 g/mol. The van der Waals surface area contributed by atoms with Crippen molar-refractivity contribution in [2.24, 2.45) is 11.7 Å². The molecule has 2 unspecified atom stereocenters. The summed E-state index contributed by atoms with van der Waals surface area (Å²) < 4.78 is 6.42. The number of halogens is 1. The molecule has 1 saturated carbocycles. The first-order chi connectivity index (χ1) is 9.69. The van der Waals surface area contributed by atoms with Crippen LogP contribution in [0.3, 0.4) is 0 Å². The number of ether oxygens (including phenoxy) is 1. The maximum atomic E-state index is 11.9. The average molecular weight is 341 g/mol. The van der Waals surface area contributed by atoms with E-state index in [1.165, 1.54) is 6.42 Å². The smallest absolute Gasteiger partial charge is 0.258 e. The van der Waals surface area contributed by atoms with Gasteiger partial charge >= 0.3 is 0 Å². The highest BCUT2D eigenvalue weighted by Gasteiger charge is 2.25. The Morgan fingerprint density at radius 1 is 1.40 bits per heavy atom. The lowest BCUT2D eigenvalue weighted by Gasteiger charge is -2.31. The molecule has 0 bridgehead atoms. The van der Waals surface area contributed by atoms with E-state index in [-0.39, 0.29) is 18.6 Å². The van der Waals surface area contributed by atoms with Crippen molar-refractivity contribution in [3.63, 3.8) is 0 Å². The summed E-state index contributed by atoms with van der Waals surface area (Å²) in [5, 5.41) is 3.05. The first-order valence-electron chi connectivity index (χ1n) is 7.07. The number of nitrogens with two attached hydrogens (primary N) is 1. The molecule has 1 amide bonds. The number of amides is 1. The molecule has 0 radical (unpaired) electrons. The fraction of sp³-hybridized carbons (Fsp3) is 0.533. The Hall–Kier alpha value is -1.07. The molecule has 3 N–H and O–H groups in total. The Labute approximate surface area is 128 Å². The van der Waals surface area contributed by atoms with Gasteiger partial charge in [-0.1, -0.05) is 34.8 Å². The van der Waals surface area contributed by atoms with Crippen LogP contribution in [0.15, 0.2) is 28.7 Å². The molecule has 2 rings (SSSR count). The summed E-state index contributed by atoms with van der Waals surface area (Å²) in [6.45, 7) is 0.682. The Bertz CT molecular complexity index is 453. The topological polar surface area (TPSA) is 64.3 Å². The molecule has 0 saturated heterocycles. The van der Waals surface area contributed by atoms with E-state index in [9.17, 15) is 4.79 Å². The molecule has 0 aromatic heterocycles. The lowest BCUT2D eigenvalue weighted by atomic mass is 9.84. The van der Waals surface area contributed by atoms with E-state index in [1.54, 1.807) is 0 Å². The number of carbonyl (C=O) groups is 1. The molecule has 20 heavy (non-hydrogen) atoms. The van der Waals surface area contributed by atoms with Crippen LogP contribution in [0.4, 0.5) is 0 Å². The Balaban J connectivity index is 1.80. The molecule has 110 valence electrons. The molecule has 1 aromatic rings. The summed E-state index contributed by atoms with van der Waals surface area (Å²) in [6.07, 6.45) is 4.50. The van der Waals surface area contributed by atoms with Crippen molar-refractivity contribution in [3.8, 4) is 5.75 Å². The van der Waals surface area contributed by atoms with Gasteiger partial charge in [0.05, 0.1) is 0 Å². The third-order valence-corrected chi connectivity index (χ3v) is 4.22. The summed E-state index contributed by atoms with van der Waals surface area (Å²) in [4.78, 5) is 11.9. The number of hydrogen-bond donors (Lipinski definition) is 2.